The van der Waals surface area contributed by atoms with Crippen LogP contribution in [0.25, 0.3) is 0 Å². The molecule has 3 fully saturated rings. The average Bonchev–Trinajstić information content (AvgIpc) is 3.56. The molecule has 6 heteroatoms. The van der Waals surface area contributed by atoms with Crippen LogP contribution in [0.4, 0.5) is 5.69 Å². The highest BCUT2D eigenvalue weighted by Gasteiger charge is 2.67. The summed E-state index contributed by atoms with van der Waals surface area (Å²) < 4.78 is 6.60. The molecule has 31 heavy (non-hydrogen) atoms. The summed E-state index contributed by atoms with van der Waals surface area (Å²) in [5.41, 5.74) is 1.08. The second-order valence-electron chi connectivity index (χ2n) is 8.88. The van der Waals surface area contributed by atoms with E-state index in [1.165, 1.54) is 4.90 Å². The number of allylic oxidation sites excluding steroid dienone is 2. The lowest BCUT2D eigenvalue weighted by molar-refractivity contribution is -0.124. The fourth-order valence-corrected chi connectivity index (χ4v) is 6.06. The molecule has 5 nitrogen and oxygen atoms in total. The van der Waals surface area contributed by atoms with E-state index in [-0.39, 0.29) is 47.9 Å². The lowest BCUT2D eigenvalue weighted by Gasteiger charge is -2.37. The van der Waals surface area contributed by atoms with Crippen molar-refractivity contribution in [2.75, 3.05) is 11.5 Å². The van der Waals surface area contributed by atoms with Crippen molar-refractivity contribution in [2.24, 2.45) is 35.5 Å². The van der Waals surface area contributed by atoms with E-state index in [1.54, 1.807) is 36.4 Å². The van der Waals surface area contributed by atoms with Gasteiger partial charge in [-0.2, -0.15) is 0 Å². The number of hydrogen-bond donors (Lipinski definition) is 0. The molecule has 1 saturated heterocycles. The van der Waals surface area contributed by atoms with Gasteiger partial charge in [0, 0.05) is 16.1 Å². The van der Waals surface area contributed by atoms with E-state index in [0.717, 1.165) is 10.9 Å². The Morgan fingerprint density at radius 3 is 2.26 bits per heavy atom. The number of carbonyl (C=O) groups excluding carboxylic acids is 3. The van der Waals surface area contributed by atoms with Gasteiger partial charge in [-0.05, 0) is 54.4 Å². The lowest BCUT2D eigenvalue weighted by Crippen LogP contribution is -2.40. The molecule has 0 spiro atoms. The Morgan fingerprint density at radius 1 is 0.968 bits per heavy atom. The number of halogens is 1. The number of rotatable bonds is 5. The predicted molar refractivity (Wildman–Crippen MR) is 118 cm³/mol. The van der Waals surface area contributed by atoms with Crippen LogP contribution in [0.1, 0.15) is 16.8 Å². The summed E-state index contributed by atoms with van der Waals surface area (Å²) in [5, 5.41) is 0. The van der Waals surface area contributed by atoms with Crippen molar-refractivity contribution in [3.8, 4) is 5.75 Å². The molecular formula is C25H20BrNO4. The molecule has 7 rings (SSSR count). The zero-order chi connectivity index (χ0) is 21.3. The topological polar surface area (TPSA) is 63.7 Å². The standard InChI is InChI=1S/C25H20BrNO4/c26-14-6-4-13(5-7-14)21(28)12-31-16-3-1-2-15(10-16)27-24(29)22-17-8-9-18(20-11-19(17)20)23(22)25(27)30/h1-10,17-20,22-23H,11-12H2/t17-,18-,19-,20+,22+,23+/m1/s1. The van der Waals surface area contributed by atoms with Gasteiger partial charge in [0.15, 0.2) is 12.4 Å². The first-order chi connectivity index (χ1) is 15.0. The van der Waals surface area contributed by atoms with Gasteiger partial charge in [0.25, 0.3) is 0 Å². The quantitative estimate of drug-likeness (QED) is 0.366. The first kappa shape index (κ1) is 19.0. The van der Waals surface area contributed by atoms with Gasteiger partial charge in [-0.25, -0.2) is 4.90 Å². The van der Waals surface area contributed by atoms with Crippen LogP contribution in [0.5, 0.6) is 5.75 Å². The molecule has 2 aromatic rings. The number of hydrogen-bond acceptors (Lipinski definition) is 4. The summed E-state index contributed by atoms with van der Waals surface area (Å²) in [6.07, 6.45) is 5.48. The van der Waals surface area contributed by atoms with Gasteiger partial charge in [0.05, 0.1) is 17.5 Å². The molecule has 1 aliphatic heterocycles. The summed E-state index contributed by atoms with van der Waals surface area (Å²) in [4.78, 5) is 40.3. The van der Waals surface area contributed by atoms with E-state index < -0.39 is 0 Å². The molecule has 2 aromatic carbocycles. The zero-order valence-electron chi connectivity index (χ0n) is 16.6. The van der Waals surface area contributed by atoms with Crippen molar-refractivity contribution < 1.29 is 19.1 Å². The Bertz CT molecular complexity index is 1100. The second kappa shape index (κ2) is 6.89. The SMILES string of the molecule is O=C(COc1cccc(N2C(=O)[C@H]3[C@@H]4C=C[C@H]([C@@H]5C[C@H]45)[C@@H]3C2=O)c1)c1ccc(Br)cc1. The summed E-state index contributed by atoms with van der Waals surface area (Å²) in [6.45, 7) is -0.115. The third kappa shape index (κ3) is 2.92. The Hall–Kier alpha value is -2.73. The van der Waals surface area contributed by atoms with E-state index in [2.05, 4.69) is 28.1 Å². The molecule has 2 saturated carbocycles. The second-order valence-corrected chi connectivity index (χ2v) is 9.80. The highest BCUT2D eigenvalue weighted by molar-refractivity contribution is 9.10. The minimum Gasteiger partial charge on any atom is -0.485 e. The number of nitrogens with zero attached hydrogens (tertiary/aromatic N) is 1. The van der Waals surface area contributed by atoms with Crippen LogP contribution in [0.3, 0.4) is 0 Å². The summed E-state index contributed by atoms with van der Waals surface area (Å²) >= 11 is 3.35. The zero-order valence-corrected chi connectivity index (χ0v) is 18.2. The molecule has 0 aromatic heterocycles. The lowest BCUT2D eigenvalue weighted by atomic mass is 9.63. The van der Waals surface area contributed by atoms with Gasteiger partial charge >= 0.3 is 0 Å². The van der Waals surface area contributed by atoms with Crippen LogP contribution in [0, 0.1) is 35.5 Å². The number of ketones is 1. The van der Waals surface area contributed by atoms with Gasteiger partial charge in [-0.3, -0.25) is 14.4 Å². The third-order valence-corrected chi connectivity index (χ3v) is 7.80. The van der Waals surface area contributed by atoms with E-state index in [1.807, 2.05) is 12.1 Å². The Morgan fingerprint density at radius 2 is 1.61 bits per heavy atom. The highest BCUT2D eigenvalue weighted by Crippen LogP contribution is 2.65. The fourth-order valence-electron chi connectivity index (χ4n) is 5.79. The molecule has 5 aliphatic rings. The maximum atomic E-state index is 13.3. The normalized spacial score (nSPS) is 32.1. The van der Waals surface area contributed by atoms with Crippen LogP contribution in [-0.2, 0) is 9.59 Å². The van der Waals surface area contributed by atoms with Gasteiger partial charge in [-0.15, -0.1) is 0 Å². The van der Waals surface area contributed by atoms with Crippen molar-refractivity contribution in [3.63, 3.8) is 0 Å². The number of benzene rings is 2. The Kier molecular flexibility index (Phi) is 4.22. The van der Waals surface area contributed by atoms with Gasteiger partial charge in [0.2, 0.25) is 11.8 Å². The molecule has 4 aliphatic carbocycles. The summed E-state index contributed by atoms with van der Waals surface area (Å²) in [5.74, 6) is 1.23. The molecular weight excluding hydrogens is 458 g/mol. The largest absolute Gasteiger partial charge is 0.485 e. The molecule has 6 atom stereocenters. The van der Waals surface area contributed by atoms with Gasteiger partial charge in [-0.1, -0.05) is 46.3 Å². The van der Waals surface area contributed by atoms with Crippen molar-refractivity contribution in [1.29, 1.82) is 0 Å². The number of Topliss-reactive ketones (excluding diaryl/α,β-unsaturated/α-hetero) is 1. The molecule has 1 heterocycles. The molecule has 0 N–H and O–H groups in total. The van der Waals surface area contributed by atoms with Crippen molar-refractivity contribution >= 4 is 39.2 Å². The molecule has 2 bridgehead atoms. The Labute approximate surface area is 188 Å². The third-order valence-electron chi connectivity index (χ3n) is 7.27. The van der Waals surface area contributed by atoms with Crippen LogP contribution >= 0.6 is 15.9 Å². The first-order valence-corrected chi connectivity index (χ1v) is 11.4. The fraction of sp³-hybridized carbons (Fsp3) is 0.320. The molecule has 2 amide bonds. The Balaban J connectivity index is 1.20. The van der Waals surface area contributed by atoms with E-state index >= 15 is 0 Å². The van der Waals surface area contributed by atoms with Gasteiger partial charge in [0.1, 0.15) is 5.75 Å². The highest BCUT2D eigenvalue weighted by atomic mass is 79.9. The van der Waals surface area contributed by atoms with Gasteiger partial charge < -0.3 is 4.74 Å². The molecule has 0 unspecified atom stereocenters. The van der Waals surface area contributed by atoms with Crippen molar-refractivity contribution in [3.05, 3.63) is 70.7 Å². The van der Waals surface area contributed by atoms with Crippen LogP contribution in [-0.4, -0.2) is 24.2 Å². The molecule has 156 valence electrons. The minimum atomic E-state index is -0.227. The number of carbonyl (C=O) groups is 3. The maximum absolute atomic E-state index is 13.3. The van der Waals surface area contributed by atoms with E-state index in [4.69, 9.17) is 4.74 Å². The maximum Gasteiger partial charge on any atom is 0.238 e. The van der Waals surface area contributed by atoms with E-state index in [9.17, 15) is 14.4 Å². The van der Waals surface area contributed by atoms with Crippen molar-refractivity contribution in [1.82, 2.24) is 0 Å². The van der Waals surface area contributed by atoms with Crippen LogP contribution in [0.15, 0.2) is 65.2 Å². The molecule has 0 radical (unpaired) electrons. The first-order valence-electron chi connectivity index (χ1n) is 10.6. The predicted octanol–water partition coefficient (Wildman–Crippen LogP) is 4.27. The van der Waals surface area contributed by atoms with E-state index in [0.29, 0.717) is 28.8 Å². The number of anilines is 1. The minimum absolute atomic E-state index is 0.0946. The smallest absolute Gasteiger partial charge is 0.238 e. The monoisotopic (exact) mass is 477 g/mol. The summed E-state index contributed by atoms with van der Waals surface area (Å²) in [7, 11) is 0. The summed E-state index contributed by atoms with van der Waals surface area (Å²) in [6, 6.07) is 14.0. The number of ether oxygens (including phenoxy) is 1. The number of imide groups is 1. The van der Waals surface area contributed by atoms with Crippen molar-refractivity contribution in [2.45, 2.75) is 6.42 Å². The number of amides is 2. The van der Waals surface area contributed by atoms with Crippen LogP contribution in [0.2, 0.25) is 0 Å². The average molecular weight is 478 g/mol. The van der Waals surface area contributed by atoms with Crippen LogP contribution < -0.4 is 9.64 Å².